The lowest BCUT2D eigenvalue weighted by Crippen LogP contribution is -2.34. The largest absolute Gasteiger partial charge is 0.355 e. The lowest BCUT2D eigenvalue weighted by atomic mass is 9.94. The molecule has 0 aromatic carbocycles. The zero-order valence-corrected chi connectivity index (χ0v) is 10.5. The Morgan fingerprint density at radius 3 is 2.62 bits per heavy atom. The smallest absolute Gasteiger partial charge is 0.151 e. The van der Waals surface area contributed by atoms with Gasteiger partial charge in [0.2, 0.25) is 0 Å². The lowest BCUT2D eigenvalue weighted by Gasteiger charge is -2.32. The fraction of sp³-hybridized carbons (Fsp3) is 0.667. The van der Waals surface area contributed by atoms with E-state index in [1.165, 1.54) is 12.8 Å². The minimum atomic E-state index is 0.787. The van der Waals surface area contributed by atoms with E-state index in [-0.39, 0.29) is 0 Å². The van der Waals surface area contributed by atoms with E-state index in [0.29, 0.717) is 0 Å². The van der Waals surface area contributed by atoms with Crippen molar-refractivity contribution in [3.8, 4) is 0 Å². The summed E-state index contributed by atoms with van der Waals surface area (Å²) in [6, 6.07) is 4.08. The number of anilines is 1. The average molecular weight is 240 g/mol. The molecule has 0 N–H and O–H groups in total. The number of halogens is 1. The normalized spacial score (nSPS) is 17.8. The first-order chi connectivity index (χ1) is 7.79. The van der Waals surface area contributed by atoms with Gasteiger partial charge in [0.1, 0.15) is 0 Å². The van der Waals surface area contributed by atoms with E-state index in [1.807, 2.05) is 13.0 Å². The van der Waals surface area contributed by atoms with Crippen molar-refractivity contribution in [3.63, 3.8) is 0 Å². The number of hydrogen-bond acceptors (Lipinski definition) is 3. The van der Waals surface area contributed by atoms with Crippen LogP contribution in [0.2, 0.25) is 0 Å². The van der Waals surface area contributed by atoms with Crippen LogP contribution in [0.4, 0.5) is 5.82 Å². The zero-order valence-electron chi connectivity index (χ0n) is 9.69. The Hall–Kier alpha value is -0.830. The first-order valence-electron chi connectivity index (χ1n) is 5.91. The van der Waals surface area contributed by atoms with Crippen LogP contribution in [0.5, 0.6) is 0 Å². The number of nitrogens with zero attached hydrogens (tertiary/aromatic N) is 3. The summed E-state index contributed by atoms with van der Waals surface area (Å²) in [5, 5.41) is 8.32. The molecule has 0 aliphatic carbocycles. The quantitative estimate of drug-likeness (QED) is 0.760. The van der Waals surface area contributed by atoms with Gasteiger partial charge in [-0.3, -0.25) is 0 Å². The van der Waals surface area contributed by atoms with E-state index in [9.17, 15) is 0 Å². The molecule has 1 saturated heterocycles. The van der Waals surface area contributed by atoms with Crippen molar-refractivity contribution in [2.24, 2.45) is 5.92 Å². The minimum Gasteiger partial charge on any atom is -0.355 e. The third kappa shape index (κ3) is 2.85. The van der Waals surface area contributed by atoms with Gasteiger partial charge in [0.25, 0.3) is 0 Å². The first kappa shape index (κ1) is 11.6. The summed E-state index contributed by atoms with van der Waals surface area (Å²) in [5.74, 6) is 2.59. The molecule has 1 aromatic rings. The van der Waals surface area contributed by atoms with Crippen LogP contribution in [-0.2, 0) is 0 Å². The number of rotatable bonds is 3. The summed E-state index contributed by atoms with van der Waals surface area (Å²) in [6.07, 6.45) is 3.60. The molecule has 0 radical (unpaired) electrons. The second kappa shape index (κ2) is 5.48. The van der Waals surface area contributed by atoms with Crippen molar-refractivity contribution in [3.05, 3.63) is 17.8 Å². The molecule has 2 rings (SSSR count). The first-order valence-corrected chi connectivity index (χ1v) is 6.44. The van der Waals surface area contributed by atoms with E-state index < -0.39 is 0 Å². The second-order valence-corrected chi connectivity index (χ2v) is 4.82. The van der Waals surface area contributed by atoms with Crippen molar-refractivity contribution in [2.75, 3.05) is 23.9 Å². The maximum absolute atomic E-state index is 5.77. The Morgan fingerprint density at radius 1 is 1.31 bits per heavy atom. The van der Waals surface area contributed by atoms with Gasteiger partial charge in [0.05, 0.1) is 5.69 Å². The molecule has 16 heavy (non-hydrogen) atoms. The molecule has 1 aliphatic rings. The highest BCUT2D eigenvalue weighted by molar-refractivity contribution is 6.17. The molecule has 0 amide bonds. The third-order valence-electron chi connectivity index (χ3n) is 3.24. The van der Waals surface area contributed by atoms with Crippen LogP contribution in [0.3, 0.4) is 0 Å². The van der Waals surface area contributed by atoms with Crippen LogP contribution in [0, 0.1) is 12.8 Å². The summed E-state index contributed by atoms with van der Waals surface area (Å²) < 4.78 is 0. The maximum atomic E-state index is 5.77. The number of alkyl halides is 1. The fourth-order valence-electron chi connectivity index (χ4n) is 2.17. The standard InChI is InChI=1S/C12H18ClN3/c1-10-2-3-12(15-14-10)16-8-5-11(4-7-13)6-9-16/h2-3,11H,4-9H2,1H3. The van der Waals surface area contributed by atoms with E-state index in [0.717, 1.165) is 42.8 Å². The van der Waals surface area contributed by atoms with Gasteiger partial charge in [-0.05, 0) is 44.2 Å². The maximum Gasteiger partial charge on any atom is 0.151 e. The molecule has 0 atom stereocenters. The predicted octanol–water partition coefficient (Wildman–Crippen LogP) is 2.63. The molecular weight excluding hydrogens is 222 g/mol. The molecule has 2 heterocycles. The van der Waals surface area contributed by atoms with E-state index in [4.69, 9.17) is 11.6 Å². The van der Waals surface area contributed by atoms with E-state index >= 15 is 0 Å². The van der Waals surface area contributed by atoms with Gasteiger partial charge in [-0.15, -0.1) is 16.7 Å². The highest BCUT2D eigenvalue weighted by Crippen LogP contribution is 2.23. The van der Waals surface area contributed by atoms with Crippen LogP contribution < -0.4 is 4.90 Å². The monoisotopic (exact) mass is 239 g/mol. The molecule has 88 valence electrons. The van der Waals surface area contributed by atoms with Gasteiger partial charge in [-0.1, -0.05) is 0 Å². The molecular formula is C12H18ClN3. The highest BCUT2D eigenvalue weighted by Gasteiger charge is 2.19. The van der Waals surface area contributed by atoms with Gasteiger partial charge in [0.15, 0.2) is 5.82 Å². The van der Waals surface area contributed by atoms with Crippen molar-refractivity contribution in [2.45, 2.75) is 26.2 Å². The minimum absolute atomic E-state index is 0.787. The molecule has 3 nitrogen and oxygen atoms in total. The number of piperidine rings is 1. The fourth-order valence-corrected chi connectivity index (χ4v) is 2.47. The molecule has 0 spiro atoms. The Morgan fingerprint density at radius 2 is 2.06 bits per heavy atom. The van der Waals surface area contributed by atoms with Crippen molar-refractivity contribution >= 4 is 17.4 Å². The Balaban J connectivity index is 1.91. The molecule has 0 bridgehead atoms. The summed E-state index contributed by atoms with van der Waals surface area (Å²) >= 11 is 5.77. The van der Waals surface area contributed by atoms with Crippen LogP contribution >= 0.6 is 11.6 Å². The Labute approximate surface area is 102 Å². The highest BCUT2D eigenvalue weighted by atomic mass is 35.5. The Bertz CT molecular complexity index is 318. The van der Waals surface area contributed by atoms with Crippen LogP contribution in [0.15, 0.2) is 12.1 Å². The Kier molecular flexibility index (Phi) is 3.99. The lowest BCUT2D eigenvalue weighted by molar-refractivity contribution is 0.395. The van der Waals surface area contributed by atoms with Crippen LogP contribution in [-0.4, -0.2) is 29.2 Å². The van der Waals surface area contributed by atoms with Crippen molar-refractivity contribution < 1.29 is 0 Å². The van der Waals surface area contributed by atoms with Crippen molar-refractivity contribution in [1.82, 2.24) is 10.2 Å². The molecule has 0 saturated carbocycles. The topological polar surface area (TPSA) is 29.0 Å². The number of hydrogen-bond donors (Lipinski definition) is 0. The molecule has 0 unspecified atom stereocenters. The molecule has 4 heteroatoms. The zero-order chi connectivity index (χ0) is 11.4. The number of aryl methyl sites for hydroxylation is 1. The average Bonchev–Trinajstić information content (AvgIpc) is 2.32. The molecule has 1 fully saturated rings. The van der Waals surface area contributed by atoms with Gasteiger partial charge < -0.3 is 4.90 Å². The van der Waals surface area contributed by atoms with Crippen LogP contribution in [0.25, 0.3) is 0 Å². The van der Waals surface area contributed by atoms with E-state index in [1.54, 1.807) is 0 Å². The van der Waals surface area contributed by atoms with Gasteiger partial charge in [0, 0.05) is 19.0 Å². The summed E-state index contributed by atoms with van der Waals surface area (Å²) in [4.78, 5) is 2.32. The van der Waals surface area contributed by atoms with E-state index in [2.05, 4.69) is 21.2 Å². The van der Waals surface area contributed by atoms with Gasteiger partial charge >= 0.3 is 0 Å². The van der Waals surface area contributed by atoms with Gasteiger partial charge in [-0.25, -0.2) is 0 Å². The van der Waals surface area contributed by atoms with Crippen LogP contribution in [0.1, 0.15) is 25.0 Å². The second-order valence-electron chi connectivity index (χ2n) is 4.44. The molecule has 1 aromatic heterocycles. The predicted molar refractivity (Wildman–Crippen MR) is 67.0 cm³/mol. The van der Waals surface area contributed by atoms with Crippen molar-refractivity contribution in [1.29, 1.82) is 0 Å². The SMILES string of the molecule is Cc1ccc(N2CCC(CCCl)CC2)nn1. The summed E-state index contributed by atoms with van der Waals surface area (Å²) in [7, 11) is 0. The summed E-state index contributed by atoms with van der Waals surface area (Å²) in [5.41, 5.74) is 0.973. The summed E-state index contributed by atoms with van der Waals surface area (Å²) in [6.45, 7) is 4.13. The number of aromatic nitrogens is 2. The van der Waals surface area contributed by atoms with Gasteiger partial charge in [-0.2, -0.15) is 5.10 Å². The third-order valence-corrected chi connectivity index (χ3v) is 3.46. The molecule has 1 aliphatic heterocycles.